The molecule has 0 saturated heterocycles. The summed E-state index contributed by atoms with van der Waals surface area (Å²) in [5.41, 5.74) is 1.76. The third-order valence-corrected chi connectivity index (χ3v) is 3.35. The highest BCUT2D eigenvalue weighted by Crippen LogP contribution is 2.20. The highest BCUT2D eigenvalue weighted by atomic mass is 16.4. The second-order valence-corrected chi connectivity index (χ2v) is 4.77. The van der Waals surface area contributed by atoms with Crippen LogP contribution >= 0.6 is 0 Å². The van der Waals surface area contributed by atoms with Crippen LogP contribution in [0.1, 0.15) is 15.9 Å². The standard InChI is InChI=1S/C16H12N2O3/c1-9-6-7-10(8-12(9)16(20)21)14-17-13-5-3-2-4-11(13)15(19)18-14/h2-8H,1H3,(H,20,21)(H,17,18,19). The van der Waals surface area contributed by atoms with E-state index >= 15 is 0 Å². The molecule has 1 heterocycles. The number of rotatable bonds is 2. The second-order valence-electron chi connectivity index (χ2n) is 4.77. The van der Waals surface area contributed by atoms with E-state index in [-0.39, 0.29) is 11.1 Å². The Balaban J connectivity index is 2.23. The molecule has 0 aliphatic heterocycles. The van der Waals surface area contributed by atoms with Crippen molar-refractivity contribution in [3.05, 3.63) is 63.9 Å². The average Bonchev–Trinajstić information content (AvgIpc) is 2.47. The molecule has 0 unspecified atom stereocenters. The number of carboxylic acid groups (broad SMARTS) is 1. The first-order chi connectivity index (χ1) is 10.1. The van der Waals surface area contributed by atoms with Crippen molar-refractivity contribution in [1.82, 2.24) is 9.97 Å². The number of H-pyrrole nitrogens is 1. The number of aromatic amines is 1. The molecule has 0 aliphatic rings. The molecule has 0 amide bonds. The molecule has 0 bridgehead atoms. The minimum absolute atomic E-state index is 0.198. The fraction of sp³-hybridized carbons (Fsp3) is 0.0625. The van der Waals surface area contributed by atoms with E-state index in [1.165, 1.54) is 6.07 Å². The third kappa shape index (κ3) is 2.29. The van der Waals surface area contributed by atoms with Crippen molar-refractivity contribution < 1.29 is 9.90 Å². The summed E-state index contributed by atoms with van der Waals surface area (Å²) in [5.74, 6) is -0.640. The van der Waals surface area contributed by atoms with Gasteiger partial charge in [0.25, 0.3) is 5.56 Å². The van der Waals surface area contributed by atoms with Crippen molar-refractivity contribution in [3.63, 3.8) is 0 Å². The molecule has 0 spiro atoms. The van der Waals surface area contributed by atoms with Crippen LogP contribution in [0.5, 0.6) is 0 Å². The predicted molar refractivity (Wildman–Crippen MR) is 79.5 cm³/mol. The molecule has 1 aromatic heterocycles. The van der Waals surface area contributed by atoms with Gasteiger partial charge < -0.3 is 10.1 Å². The lowest BCUT2D eigenvalue weighted by Crippen LogP contribution is -2.10. The molecule has 104 valence electrons. The van der Waals surface area contributed by atoms with E-state index in [1.807, 2.05) is 0 Å². The minimum Gasteiger partial charge on any atom is -0.478 e. The summed E-state index contributed by atoms with van der Waals surface area (Å²) in [6.45, 7) is 1.73. The highest BCUT2D eigenvalue weighted by molar-refractivity contribution is 5.91. The molecule has 0 atom stereocenters. The molecule has 3 rings (SSSR count). The molecule has 0 saturated carbocycles. The quantitative estimate of drug-likeness (QED) is 0.755. The van der Waals surface area contributed by atoms with Crippen molar-refractivity contribution in [1.29, 1.82) is 0 Å². The summed E-state index contributed by atoms with van der Waals surface area (Å²) in [6.07, 6.45) is 0. The van der Waals surface area contributed by atoms with E-state index in [4.69, 9.17) is 0 Å². The Hall–Kier alpha value is -2.95. The van der Waals surface area contributed by atoms with E-state index in [0.717, 1.165) is 0 Å². The molecular formula is C16H12N2O3. The van der Waals surface area contributed by atoms with E-state index in [2.05, 4.69) is 9.97 Å². The third-order valence-electron chi connectivity index (χ3n) is 3.35. The monoisotopic (exact) mass is 280 g/mol. The maximum Gasteiger partial charge on any atom is 0.335 e. The molecule has 3 aromatic rings. The molecule has 0 fully saturated rings. The molecule has 5 nitrogen and oxygen atoms in total. The first kappa shape index (κ1) is 13.1. The number of nitrogens with one attached hydrogen (secondary N) is 1. The zero-order chi connectivity index (χ0) is 15.0. The van der Waals surface area contributed by atoms with Gasteiger partial charge in [0.15, 0.2) is 0 Å². The Morgan fingerprint density at radius 2 is 1.95 bits per heavy atom. The van der Waals surface area contributed by atoms with Crippen LogP contribution in [0.3, 0.4) is 0 Å². The largest absolute Gasteiger partial charge is 0.478 e. The molecule has 0 radical (unpaired) electrons. The van der Waals surface area contributed by atoms with Gasteiger partial charge in [-0.05, 0) is 30.7 Å². The van der Waals surface area contributed by atoms with Gasteiger partial charge in [-0.1, -0.05) is 24.3 Å². The number of aromatic carboxylic acids is 1. The Morgan fingerprint density at radius 1 is 1.19 bits per heavy atom. The van der Waals surface area contributed by atoms with Gasteiger partial charge in [-0.2, -0.15) is 0 Å². The van der Waals surface area contributed by atoms with E-state index in [9.17, 15) is 14.7 Å². The van der Waals surface area contributed by atoms with E-state index in [1.54, 1.807) is 43.3 Å². The SMILES string of the molecule is Cc1ccc(-c2nc3ccccc3c(=O)[nH]2)cc1C(=O)O. The van der Waals surface area contributed by atoms with Gasteiger partial charge in [0, 0.05) is 5.56 Å². The first-order valence-electron chi connectivity index (χ1n) is 6.39. The van der Waals surface area contributed by atoms with Crippen molar-refractivity contribution in [2.24, 2.45) is 0 Å². The number of para-hydroxylation sites is 1. The number of fused-ring (bicyclic) bond motifs is 1. The van der Waals surface area contributed by atoms with Crippen molar-refractivity contribution in [2.75, 3.05) is 0 Å². The fourth-order valence-electron chi connectivity index (χ4n) is 2.22. The number of aryl methyl sites for hydroxylation is 1. The summed E-state index contributed by atoms with van der Waals surface area (Å²) in [6, 6.07) is 12.0. The fourth-order valence-corrected chi connectivity index (χ4v) is 2.22. The number of hydrogen-bond donors (Lipinski definition) is 2. The van der Waals surface area contributed by atoms with Gasteiger partial charge in [0.1, 0.15) is 5.82 Å². The Labute approximate surface area is 119 Å². The summed E-state index contributed by atoms with van der Waals surface area (Å²) < 4.78 is 0. The first-order valence-corrected chi connectivity index (χ1v) is 6.39. The lowest BCUT2D eigenvalue weighted by Gasteiger charge is -2.06. The maximum absolute atomic E-state index is 12.0. The van der Waals surface area contributed by atoms with E-state index < -0.39 is 5.97 Å². The Morgan fingerprint density at radius 3 is 2.71 bits per heavy atom. The molecular weight excluding hydrogens is 268 g/mol. The average molecular weight is 280 g/mol. The van der Waals surface area contributed by atoms with Gasteiger partial charge in [0.05, 0.1) is 16.5 Å². The number of hydrogen-bond acceptors (Lipinski definition) is 3. The summed E-state index contributed by atoms with van der Waals surface area (Å²) >= 11 is 0. The Bertz CT molecular complexity index is 913. The van der Waals surface area contributed by atoms with Crippen LogP contribution in [0, 0.1) is 6.92 Å². The predicted octanol–water partition coefficient (Wildman–Crippen LogP) is 2.60. The maximum atomic E-state index is 12.0. The van der Waals surface area contributed by atoms with Crippen molar-refractivity contribution >= 4 is 16.9 Å². The number of carboxylic acids is 1. The molecule has 21 heavy (non-hydrogen) atoms. The van der Waals surface area contributed by atoms with Gasteiger partial charge in [-0.3, -0.25) is 4.79 Å². The number of nitrogens with zero attached hydrogens (tertiary/aromatic N) is 1. The van der Waals surface area contributed by atoms with Gasteiger partial charge in [0.2, 0.25) is 0 Å². The van der Waals surface area contributed by atoms with E-state index in [0.29, 0.717) is 27.9 Å². The van der Waals surface area contributed by atoms with Crippen LogP contribution in [0.2, 0.25) is 0 Å². The van der Waals surface area contributed by atoms with Crippen LogP contribution < -0.4 is 5.56 Å². The van der Waals surface area contributed by atoms with Gasteiger partial charge >= 0.3 is 5.97 Å². The Kier molecular flexibility index (Phi) is 3.02. The smallest absolute Gasteiger partial charge is 0.335 e. The van der Waals surface area contributed by atoms with Crippen LogP contribution in [-0.4, -0.2) is 21.0 Å². The lowest BCUT2D eigenvalue weighted by atomic mass is 10.0. The minimum atomic E-state index is -1.00. The van der Waals surface area contributed by atoms with Crippen molar-refractivity contribution in [3.8, 4) is 11.4 Å². The number of carbonyl (C=O) groups is 1. The van der Waals surface area contributed by atoms with Crippen LogP contribution in [-0.2, 0) is 0 Å². The highest BCUT2D eigenvalue weighted by Gasteiger charge is 2.11. The second kappa shape index (κ2) is 4.86. The van der Waals surface area contributed by atoms with Crippen LogP contribution in [0.4, 0.5) is 0 Å². The molecule has 0 aliphatic carbocycles. The zero-order valence-corrected chi connectivity index (χ0v) is 11.3. The van der Waals surface area contributed by atoms with Crippen molar-refractivity contribution in [2.45, 2.75) is 6.92 Å². The normalized spacial score (nSPS) is 10.7. The van der Waals surface area contributed by atoms with Crippen LogP contribution in [0.25, 0.3) is 22.3 Å². The topological polar surface area (TPSA) is 83.0 Å². The zero-order valence-electron chi connectivity index (χ0n) is 11.3. The molecule has 2 aromatic carbocycles. The molecule has 5 heteroatoms. The summed E-state index contributed by atoms with van der Waals surface area (Å²) in [4.78, 5) is 30.3. The summed E-state index contributed by atoms with van der Waals surface area (Å²) in [5, 5.41) is 9.68. The van der Waals surface area contributed by atoms with Gasteiger partial charge in [-0.25, -0.2) is 9.78 Å². The molecule has 2 N–H and O–H groups in total. The van der Waals surface area contributed by atoms with Gasteiger partial charge in [-0.15, -0.1) is 0 Å². The lowest BCUT2D eigenvalue weighted by molar-refractivity contribution is 0.0696. The number of aromatic nitrogens is 2. The number of benzene rings is 2. The summed E-state index contributed by atoms with van der Waals surface area (Å²) in [7, 11) is 0. The van der Waals surface area contributed by atoms with Crippen LogP contribution in [0.15, 0.2) is 47.3 Å².